The van der Waals surface area contributed by atoms with Gasteiger partial charge in [-0.3, -0.25) is 4.90 Å². The van der Waals surface area contributed by atoms with Gasteiger partial charge in [-0.15, -0.1) is 13.2 Å². The monoisotopic (exact) mass is 443 g/mol. The van der Waals surface area contributed by atoms with E-state index in [0.29, 0.717) is 18.4 Å². The summed E-state index contributed by atoms with van der Waals surface area (Å²) in [4.78, 5) is 1.47. The molecule has 1 aliphatic rings. The van der Waals surface area contributed by atoms with Gasteiger partial charge in [-0.1, -0.05) is 12.1 Å². The van der Waals surface area contributed by atoms with Gasteiger partial charge in [0, 0.05) is 19.1 Å². The predicted molar refractivity (Wildman–Crippen MR) is 97.9 cm³/mol. The molecule has 0 amide bonds. The lowest BCUT2D eigenvalue weighted by atomic mass is 9.91. The topological polar surface area (TPSA) is 41.9 Å². The number of ether oxygens (including phenoxy) is 2. The zero-order chi connectivity index (χ0) is 22.5. The summed E-state index contributed by atoms with van der Waals surface area (Å²) in [6.07, 6.45) is -9.72. The van der Waals surface area contributed by atoms with Crippen molar-refractivity contribution in [2.45, 2.75) is 83.0 Å². The average Bonchev–Trinajstić information content (AvgIpc) is 2.58. The Hall–Kier alpha value is -1.52. The minimum absolute atomic E-state index is 0.0286. The summed E-state index contributed by atoms with van der Waals surface area (Å²) in [5.74, 6) is -0.444. The summed E-state index contributed by atoms with van der Waals surface area (Å²) in [5.41, 5.74) is 0.359. The molecular weight excluding hydrogens is 416 g/mol. The van der Waals surface area contributed by atoms with Gasteiger partial charge in [-0.05, 0) is 57.2 Å². The maximum Gasteiger partial charge on any atom is 0.573 e. The molecule has 3 unspecified atom stereocenters. The molecule has 0 aromatic heterocycles. The lowest BCUT2D eigenvalue weighted by Crippen LogP contribution is -2.47. The highest BCUT2D eigenvalue weighted by Gasteiger charge is 2.41. The van der Waals surface area contributed by atoms with Crippen molar-refractivity contribution in [1.29, 1.82) is 0 Å². The first-order valence-corrected chi connectivity index (χ1v) is 9.82. The molecule has 2 rings (SSSR count). The van der Waals surface area contributed by atoms with Crippen molar-refractivity contribution in [2.75, 3.05) is 6.54 Å². The molecule has 0 spiro atoms. The first-order chi connectivity index (χ1) is 13.8. The van der Waals surface area contributed by atoms with E-state index in [1.807, 2.05) is 13.8 Å². The minimum Gasteiger partial charge on any atom is -0.406 e. The van der Waals surface area contributed by atoms with Gasteiger partial charge in [0.2, 0.25) is 0 Å². The lowest BCUT2D eigenvalue weighted by molar-refractivity contribution is -0.274. The molecule has 0 saturated heterocycles. The fourth-order valence-corrected chi connectivity index (χ4v) is 3.70. The Kier molecular flexibility index (Phi) is 8.41. The SMILES string of the molecule is CC(C)OC1CCCC(N(Cc2cccc(OC(F)(F)F)c2)CC(O)C(F)(F)F)C1. The number of alkyl halides is 6. The van der Waals surface area contributed by atoms with E-state index in [1.165, 1.54) is 17.0 Å². The van der Waals surface area contributed by atoms with Gasteiger partial charge in [0.15, 0.2) is 6.10 Å². The third-order valence-electron chi connectivity index (χ3n) is 4.88. The van der Waals surface area contributed by atoms with Gasteiger partial charge >= 0.3 is 12.5 Å². The molecule has 0 aliphatic heterocycles. The van der Waals surface area contributed by atoms with Crippen molar-refractivity contribution < 1.29 is 40.9 Å². The van der Waals surface area contributed by atoms with Crippen LogP contribution >= 0.6 is 0 Å². The van der Waals surface area contributed by atoms with Crippen molar-refractivity contribution in [3.63, 3.8) is 0 Å². The number of halogens is 6. The van der Waals surface area contributed by atoms with Crippen molar-refractivity contribution in [3.05, 3.63) is 29.8 Å². The predicted octanol–water partition coefficient (Wildman–Crippen LogP) is 5.05. The number of hydrogen-bond donors (Lipinski definition) is 1. The molecule has 172 valence electrons. The number of rotatable bonds is 8. The lowest BCUT2D eigenvalue weighted by Gasteiger charge is -2.39. The Labute approximate surface area is 171 Å². The number of hydrogen-bond acceptors (Lipinski definition) is 4. The maximum atomic E-state index is 13.0. The number of nitrogens with zero attached hydrogens (tertiary/aromatic N) is 1. The van der Waals surface area contributed by atoms with Crippen molar-refractivity contribution >= 4 is 0 Å². The van der Waals surface area contributed by atoms with Crippen molar-refractivity contribution in [1.82, 2.24) is 4.90 Å². The van der Waals surface area contributed by atoms with E-state index in [2.05, 4.69) is 4.74 Å². The van der Waals surface area contributed by atoms with E-state index in [-0.39, 0.29) is 24.8 Å². The van der Waals surface area contributed by atoms with Crippen LogP contribution in [0.4, 0.5) is 26.3 Å². The second kappa shape index (κ2) is 10.2. The Bertz CT molecular complexity index is 665. The third kappa shape index (κ3) is 8.31. The molecule has 1 N–H and O–H groups in total. The molecule has 1 aromatic rings. The Morgan fingerprint density at radius 1 is 1.13 bits per heavy atom. The highest BCUT2D eigenvalue weighted by atomic mass is 19.4. The van der Waals surface area contributed by atoms with Crippen molar-refractivity contribution in [3.8, 4) is 5.75 Å². The maximum absolute atomic E-state index is 13.0. The van der Waals surface area contributed by atoms with E-state index < -0.39 is 30.9 Å². The zero-order valence-electron chi connectivity index (χ0n) is 16.8. The van der Waals surface area contributed by atoms with Gasteiger partial charge in [0.05, 0.1) is 12.2 Å². The molecule has 1 aliphatic carbocycles. The summed E-state index contributed by atoms with van der Waals surface area (Å²) in [7, 11) is 0. The zero-order valence-corrected chi connectivity index (χ0v) is 16.8. The van der Waals surface area contributed by atoms with Crippen molar-refractivity contribution in [2.24, 2.45) is 0 Å². The van der Waals surface area contributed by atoms with E-state index in [0.717, 1.165) is 25.0 Å². The summed E-state index contributed by atoms with van der Waals surface area (Å²) in [5, 5.41) is 9.61. The Morgan fingerprint density at radius 3 is 2.43 bits per heavy atom. The highest BCUT2D eigenvalue weighted by Crippen LogP contribution is 2.30. The van der Waals surface area contributed by atoms with Crippen LogP contribution in [-0.4, -0.2) is 53.4 Å². The first-order valence-electron chi connectivity index (χ1n) is 9.82. The van der Waals surface area contributed by atoms with Gasteiger partial charge < -0.3 is 14.6 Å². The van der Waals surface area contributed by atoms with Crippen LogP contribution in [0, 0.1) is 0 Å². The standard InChI is InChI=1S/C20H27F6NO3/c1-13(2)29-16-7-4-6-15(10-16)27(12-18(28)19(21,22)23)11-14-5-3-8-17(9-14)30-20(24,25)26/h3,5,8-9,13,15-16,18,28H,4,6-7,10-12H2,1-2H3. The van der Waals surface area contributed by atoms with E-state index in [9.17, 15) is 31.4 Å². The first kappa shape index (κ1) is 24.7. The van der Waals surface area contributed by atoms with Crippen LogP contribution in [0.3, 0.4) is 0 Å². The van der Waals surface area contributed by atoms with Crippen LogP contribution in [0.5, 0.6) is 5.75 Å². The molecule has 1 aromatic carbocycles. The van der Waals surface area contributed by atoms with Crippen LogP contribution in [0.15, 0.2) is 24.3 Å². The molecule has 30 heavy (non-hydrogen) atoms. The molecule has 3 atom stereocenters. The number of benzene rings is 1. The number of aliphatic hydroxyl groups is 1. The van der Waals surface area contributed by atoms with Crippen LogP contribution in [0.2, 0.25) is 0 Å². The third-order valence-corrected chi connectivity index (χ3v) is 4.88. The second-order valence-electron chi connectivity index (χ2n) is 7.81. The normalized spacial score (nSPS) is 21.8. The fraction of sp³-hybridized carbons (Fsp3) is 0.700. The summed E-state index contributed by atoms with van der Waals surface area (Å²) < 4.78 is 86.0. The van der Waals surface area contributed by atoms with Gasteiger partial charge in [0.1, 0.15) is 5.75 Å². The van der Waals surface area contributed by atoms with Crippen LogP contribution in [-0.2, 0) is 11.3 Å². The largest absolute Gasteiger partial charge is 0.573 e. The number of aliphatic hydroxyl groups excluding tert-OH is 1. The van der Waals surface area contributed by atoms with Gasteiger partial charge in [0.25, 0.3) is 0 Å². The van der Waals surface area contributed by atoms with Crippen LogP contribution in [0.25, 0.3) is 0 Å². The van der Waals surface area contributed by atoms with E-state index in [4.69, 9.17) is 4.74 Å². The summed E-state index contributed by atoms with van der Waals surface area (Å²) >= 11 is 0. The quantitative estimate of drug-likeness (QED) is 0.572. The molecule has 1 saturated carbocycles. The molecule has 4 nitrogen and oxygen atoms in total. The second-order valence-corrected chi connectivity index (χ2v) is 7.81. The Morgan fingerprint density at radius 2 is 1.83 bits per heavy atom. The average molecular weight is 443 g/mol. The minimum atomic E-state index is -4.87. The molecular formula is C20H27F6NO3. The molecule has 0 radical (unpaired) electrons. The summed E-state index contributed by atoms with van der Waals surface area (Å²) in [6.45, 7) is 3.02. The molecule has 0 bridgehead atoms. The van der Waals surface area contributed by atoms with Gasteiger partial charge in [-0.2, -0.15) is 13.2 Å². The van der Waals surface area contributed by atoms with Crippen LogP contribution < -0.4 is 4.74 Å². The smallest absolute Gasteiger partial charge is 0.406 e. The molecule has 1 fully saturated rings. The Balaban J connectivity index is 2.18. The molecule has 10 heteroatoms. The van der Waals surface area contributed by atoms with E-state index >= 15 is 0 Å². The fourth-order valence-electron chi connectivity index (χ4n) is 3.70. The van der Waals surface area contributed by atoms with Gasteiger partial charge in [-0.25, -0.2) is 0 Å². The van der Waals surface area contributed by atoms with Crippen LogP contribution in [0.1, 0.15) is 45.1 Å². The molecule has 0 heterocycles. The highest BCUT2D eigenvalue weighted by molar-refractivity contribution is 5.28. The summed E-state index contributed by atoms with van der Waals surface area (Å²) in [6, 6.07) is 4.83. The van der Waals surface area contributed by atoms with E-state index in [1.54, 1.807) is 0 Å².